The Morgan fingerprint density at radius 2 is 1.87 bits per heavy atom. The average Bonchev–Trinajstić information content (AvgIpc) is 2.70. The largest absolute Gasteiger partial charge is 0.325 e. The Hall–Kier alpha value is -2.43. The van der Waals surface area contributed by atoms with E-state index in [4.69, 9.17) is 0 Å². The first-order valence-corrected chi connectivity index (χ1v) is 12.0. The molecule has 0 aliphatic carbocycles. The van der Waals surface area contributed by atoms with Crippen LogP contribution in [-0.4, -0.2) is 30.0 Å². The zero-order valence-electron chi connectivity index (χ0n) is 16.1. The lowest BCUT2D eigenvalue weighted by atomic mass is 10.1. The van der Waals surface area contributed by atoms with Gasteiger partial charge in [0.05, 0.1) is 16.8 Å². The fourth-order valence-corrected chi connectivity index (χ4v) is 4.71. The summed E-state index contributed by atoms with van der Waals surface area (Å²) in [6, 6.07) is 11.6. The molecule has 0 aliphatic heterocycles. The van der Waals surface area contributed by atoms with Crippen molar-refractivity contribution in [1.29, 1.82) is 0 Å². The highest BCUT2D eigenvalue weighted by molar-refractivity contribution is 9.10. The summed E-state index contributed by atoms with van der Waals surface area (Å²) in [5, 5.41) is 2.98. The first-order chi connectivity index (χ1) is 14.2. The number of thioether (sulfide) groups is 1. The molecule has 0 aliphatic rings. The van der Waals surface area contributed by atoms with E-state index in [1.54, 1.807) is 12.1 Å². The highest BCUT2D eigenvalue weighted by atomic mass is 79.9. The topological polar surface area (TPSA) is 109 Å². The second-order valence-corrected chi connectivity index (χ2v) is 10.2. The van der Waals surface area contributed by atoms with Gasteiger partial charge in [-0.3, -0.25) is 9.59 Å². The van der Waals surface area contributed by atoms with Crippen LogP contribution in [0.25, 0.3) is 0 Å². The van der Waals surface area contributed by atoms with Gasteiger partial charge >= 0.3 is 0 Å². The lowest BCUT2D eigenvalue weighted by Crippen LogP contribution is -2.20. The van der Waals surface area contributed by atoms with E-state index in [1.807, 2.05) is 32.0 Å². The van der Waals surface area contributed by atoms with Crippen molar-refractivity contribution in [3.8, 4) is 0 Å². The first-order valence-electron chi connectivity index (χ1n) is 8.77. The molecule has 0 fully saturated rings. The molecule has 1 aromatic heterocycles. The van der Waals surface area contributed by atoms with Crippen molar-refractivity contribution in [3.05, 3.63) is 74.6 Å². The predicted molar refractivity (Wildman–Crippen MR) is 120 cm³/mol. The van der Waals surface area contributed by atoms with Gasteiger partial charge in [-0.25, -0.2) is 13.4 Å². The van der Waals surface area contributed by atoms with Crippen molar-refractivity contribution in [2.75, 3.05) is 11.1 Å². The molecular weight excluding hydrogens is 490 g/mol. The van der Waals surface area contributed by atoms with Crippen LogP contribution in [0.4, 0.5) is 5.69 Å². The Bertz CT molecular complexity index is 1260. The van der Waals surface area contributed by atoms with E-state index in [1.165, 1.54) is 12.1 Å². The number of carbonyl (C=O) groups excluding carboxylic acids is 1. The van der Waals surface area contributed by atoms with Crippen LogP contribution < -0.4 is 10.9 Å². The maximum atomic E-state index is 12.7. The summed E-state index contributed by atoms with van der Waals surface area (Å²) in [6.45, 7) is 3.88. The number of amides is 1. The van der Waals surface area contributed by atoms with Crippen LogP contribution >= 0.6 is 27.7 Å². The van der Waals surface area contributed by atoms with Crippen molar-refractivity contribution in [2.45, 2.75) is 28.8 Å². The molecule has 1 amide bonds. The Labute approximate surface area is 186 Å². The second-order valence-electron chi connectivity index (χ2n) is 6.42. The van der Waals surface area contributed by atoms with E-state index in [9.17, 15) is 18.0 Å². The number of carbonyl (C=O) groups is 1. The average molecular weight is 508 g/mol. The molecule has 0 saturated heterocycles. The highest BCUT2D eigenvalue weighted by Gasteiger charge is 2.22. The van der Waals surface area contributed by atoms with E-state index in [2.05, 4.69) is 31.2 Å². The number of halogens is 1. The SMILES string of the molecule is Cc1cccc(NC(=O)CSc2ncc(S(=O)(=O)c3ccc(Br)cc3)c(=O)[nH]2)c1C. The maximum Gasteiger partial charge on any atom is 0.270 e. The lowest BCUT2D eigenvalue weighted by Gasteiger charge is -2.10. The van der Waals surface area contributed by atoms with Gasteiger partial charge in [0.1, 0.15) is 0 Å². The molecule has 0 radical (unpaired) electrons. The third kappa shape index (κ3) is 5.00. The van der Waals surface area contributed by atoms with Crippen LogP contribution in [0.5, 0.6) is 0 Å². The van der Waals surface area contributed by atoms with Crippen LogP contribution in [0.2, 0.25) is 0 Å². The van der Waals surface area contributed by atoms with Gasteiger partial charge in [-0.05, 0) is 55.3 Å². The fourth-order valence-electron chi connectivity index (χ4n) is 2.58. The summed E-state index contributed by atoms with van der Waals surface area (Å²) < 4.78 is 26.0. The van der Waals surface area contributed by atoms with Gasteiger partial charge < -0.3 is 10.3 Å². The minimum absolute atomic E-state index is 0.00805. The third-order valence-electron chi connectivity index (χ3n) is 4.38. The number of nitrogens with one attached hydrogen (secondary N) is 2. The number of nitrogens with zero attached hydrogens (tertiary/aromatic N) is 1. The quantitative estimate of drug-likeness (QED) is 0.388. The molecule has 0 unspecified atom stereocenters. The van der Waals surface area contributed by atoms with Gasteiger partial charge in [-0.1, -0.05) is 39.8 Å². The Balaban J connectivity index is 1.71. The molecule has 2 N–H and O–H groups in total. The minimum Gasteiger partial charge on any atom is -0.325 e. The molecule has 2 aromatic carbocycles. The van der Waals surface area contributed by atoms with E-state index in [0.29, 0.717) is 0 Å². The summed E-state index contributed by atoms with van der Waals surface area (Å²) in [7, 11) is -4.00. The molecule has 30 heavy (non-hydrogen) atoms. The van der Waals surface area contributed by atoms with Gasteiger partial charge in [0.25, 0.3) is 5.56 Å². The van der Waals surface area contributed by atoms with Crippen LogP contribution in [0.3, 0.4) is 0 Å². The van der Waals surface area contributed by atoms with Gasteiger partial charge in [-0.2, -0.15) is 0 Å². The Morgan fingerprint density at radius 1 is 1.17 bits per heavy atom. The molecule has 0 saturated carbocycles. The monoisotopic (exact) mass is 507 g/mol. The molecular formula is C20H18BrN3O4S2. The molecule has 0 bridgehead atoms. The normalized spacial score (nSPS) is 11.3. The minimum atomic E-state index is -4.00. The summed E-state index contributed by atoms with van der Waals surface area (Å²) in [6.07, 6.45) is 1.02. The van der Waals surface area contributed by atoms with Crippen molar-refractivity contribution in [2.24, 2.45) is 0 Å². The van der Waals surface area contributed by atoms with Crippen LogP contribution in [0, 0.1) is 13.8 Å². The number of aryl methyl sites for hydroxylation is 1. The number of anilines is 1. The number of H-pyrrole nitrogens is 1. The summed E-state index contributed by atoms with van der Waals surface area (Å²) in [4.78, 5) is 30.5. The molecule has 156 valence electrons. The molecule has 10 heteroatoms. The van der Waals surface area contributed by atoms with E-state index in [-0.39, 0.29) is 21.7 Å². The van der Waals surface area contributed by atoms with Crippen LogP contribution in [0.15, 0.2) is 72.9 Å². The van der Waals surface area contributed by atoms with E-state index < -0.39 is 20.3 Å². The Morgan fingerprint density at radius 3 is 2.53 bits per heavy atom. The van der Waals surface area contributed by atoms with Gasteiger partial charge in [-0.15, -0.1) is 0 Å². The number of benzene rings is 2. The predicted octanol–water partition coefficient (Wildman–Crippen LogP) is 3.71. The molecule has 1 heterocycles. The van der Waals surface area contributed by atoms with Crippen molar-refractivity contribution < 1.29 is 13.2 Å². The van der Waals surface area contributed by atoms with Crippen molar-refractivity contribution in [3.63, 3.8) is 0 Å². The zero-order valence-corrected chi connectivity index (χ0v) is 19.3. The number of rotatable bonds is 6. The zero-order chi connectivity index (χ0) is 21.9. The van der Waals surface area contributed by atoms with Gasteiger partial charge in [0.2, 0.25) is 15.7 Å². The third-order valence-corrected chi connectivity index (χ3v) is 7.55. The van der Waals surface area contributed by atoms with Crippen LogP contribution in [0.1, 0.15) is 11.1 Å². The molecule has 3 aromatic rings. The Kier molecular flexibility index (Phi) is 6.79. The molecule has 0 spiro atoms. The smallest absolute Gasteiger partial charge is 0.270 e. The number of aromatic nitrogens is 2. The van der Waals surface area contributed by atoms with Crippen molar-refractivity contribution in [1.82, 2.24) is 9.97 Å². The second kappa shape index (κ2) is 9.15. The summed E-state index contributed by atoms with van der Waals surface area (Å²) in [5.74, 6) is -0.252. The van der Waals surface area contributed by atoms with Gasteiger partial charge in [0, 0.05) is 10.2 Å². The fraction of sp³-hybridized carbons (Fsp3) is 0.150. The lowest BCUT2D eigenvalue weighted by molar-refractivity contribution is -0.113. The first kappa shape index (κ1) is 22.3. The molecule has 0 atom stereocenters. The van der Waals surface area contributed by atoms with Crippen molar-refractivity contribution >= 4 is 49.1 Å². The standard InChI is InChI=1S/C20H18BrN3O4S2/c1-12-4-3-5-16(13(12)2)23-18(25)11-29-20-22-10-17(19(26)24-20)30(27,28)15-8-6-14(21)7-9-15/h3-10H,11H2,1-2H3,(H,23,25)(H,22,24,26). The maximum absolute atomic E-state index is 12.7. The number of aromatic amines is 1. The van der Waals surface area contributed by atoms with Crippen LogP contribution in [-0.2, 0) is 14.6 Å². The number of hydrogen-bond donors (Lipinski definition) is 2. The molecule has 7 nitrogen and oxygen atoms in total. The number of hydrogen-bond acceptors (Lipinski definition) is 6. The van der Waals surface area contributed by atoms with E-state index >= 15 is 0 Å². The van der Waals surface area contributed by atoms with E-state index in [0.717, 1.165) is 39.2 Å². The summed E-state index contributed by atoms with van der Waals surface area (Å²) >= 11 is 4.25. The molecule has 3 rings (SSSR count). The summed E-state index contributed by atoms with van der Waals surface area (Å²) in [5.41, 5.74) is 1.97. The highest BCUT2D eigenvalue weighted by Crippen LogP contribution is 2.21. The number of sulfone groups is 1. The van der Waals surface area contributed by atoms with Gasteiger partial charge in [0.15, 0.2) is 10.1 Å².